The van der Waals surface area contributed by atoms with E-state index >= 15 is 0 Å². The van der Waals surface area contributed by atoms with E-state index in [1.165, 1.54) is 0 Å². The molecule has 0 bridgehead atoms. The number of carbonyl (C=O) groups excluding carboxylic acids is 1. The minimum atomic E-state index is -0.472. The van der Waals surface area contributed by atoms with Crippen molar-refractivity contribution >= 4 is 16.9 Å². The Balaban J connectivity index is 1.86. The molecule has 1 aromatic heterocycles. The summed E-state index contributed by atoms with van der Waals surface area (Å²) >= 11 is 0. The second-order valence-electron chi connectivity index (χ2n) is 9.01. The van der Waals surface area contributed by atoms with Crippen LogP contribution in [0.3, 0.4) is 0 Å². The summed E-state index contributed by atoms with van der Waals surface area (Å²) in [6.45, 7) is 9.37. The van der Waals surface area contributed by atoms with Crippen molar-refractivity contribution in [1.29, 1.82) is 0 Å². The molecule has 0 aliphatic carbocycles. The molecular formula is C28H33NO4. The fraction of sp³-hybridized carbons (Fsp3) is 0.429. The highest BCUT2D eigenvalue weighted by Crippen LogP contribution is 2.39. The smallest absolute Gasteiger partial charge is 0.290 e. The molecule has 4 rings (SSSR count). The summed E-state index contributed by atoms with van der Waals surface area (Å²) in [6, 6.07) is 11.1. The summed E-state index contributed by atoms with van der Waals surface area (Å²) in [5.41, 5.74) is 3.56. The van der Waals surface area contributed by atoms with Gasteiger partial charge >= 0.3 is 0 Å². The minimum absolute atomic E-state index is 0.114. The Morgan fingerprint density at radius 3 is 2.55 bits per heavy atom. The average Bonchev–Trinajstić information content (AvgIpc) is 3.06. The van der Waals surface area contributed by atoms with Gasteiger partial charge in [0.2, 0.25) is 5.76 Å². The SMILES string of the molecule is CCCCCN1C(=O)c2oc3cc(C)cc(C)c3c(=O)c2C1c1cccc(OCCCC)c1. The van der Waals surface area contributed by atoms with Gasteiger partial charge in [-0.25, -0.2) is 0 Å². The van der Waals surface area contributed by atoms with Crippen LogP contribution in [-0.4, -0.2) is 24.0 Å². The number of benzene rings is 2. The topological polar surface area (TPSA) is 59.8 Å². The first-order valence-electron chi connectivity index (χ1n) is 12.1. The van der Waals surface area contributed by atoms with Gasteiger partial charge in [0.25, 0.3) is 5.91 Å². The molecule has 0 saturated carbocycles. The standard InChI is InChI=1S/C28H33NO4/c1-5-7-9-13-29-25(20-11-10-12-21(17-20)32-14-8-6-2)24-26(30)23-19(4)15-18(3)16-22(23)33-27(24)28(29)31/h10-12,15-17,25H,5-9,13-14H2,1-4H3. The molecule has 1 atom stereocenters. The van der Waals surface area contributed by atoms with Crippen LogP contribution in [0.25, 0.3) is 11.0 Å². The van der Waals surface area contributed by atoms with Crippen molar-refractivity contribution in [1.82, 2.24) is 4.90 Å². The van der Waals surface area contributed by atoms with Gasteiger partial charge in [0.05, 0.1) is 23.6 Å². The van der Waals surface area contributed by atoms with Gasteiger partial charge < -0.3 is 14.1 Å². The lowest BCUT2D eigenvalue weighted by atomic mass is 9.96. The highest BCUT2D eigenvalue weighted by Gasteiger charge is 2.42. The third-order valence-corrected chi connectivity index (χ3v) is 6.36. The maximum Gasteiger partial charge on any atom is 0.290 e. The molecule has 2 aromatic carbocycles. The molecule has 174 valence electrons. The number of hydrogen-bond donors (Lipinski definition) is 0. The van der Waals surface area contributed by atoms with Crippen LogP contribution in [0.2, 0.25) is 0 Å². The largest absolute Gasteiger partial charge is 0.494 e. The van der Waals surface area contributed by atoms with E-state index in [4.69, 9.17) is 9.15 Å². The predicted molar refractivity (Wildman–Crippen MR) is 131 cm³/mol. The molecular weight excluding hydrogens is 414 g/mol. The number of fused-ring (bicyclic) bond motifs is 2. The van der Waals surface area contributed by atoms with E-state index < -0.39 is 6.04 Å². The fourth-order valence-corrected chi connectivity index (χ4v) is 4.73. The Kier molecular flexibility index (Phi) is 6.87. The lowest BCUT2D eigenvalue weighted by Gasteiger charge is -2.25. The Morgan fingerprint density at radius 2 is 1.79 bits per heavy atom. The molecule has 2 heterocycles. The maximum atomic E-state index is 13.8. The third kappa shape index (κ3) is 4.41. The number of hydrogen-bond acceptors (Lipinski definition) is 4. The minimum Gasteiger partial charge on any atom is -0.494 e. The highest BCUT2D eigenvalue weighted by molar-refractivity contribution is 5.99. The molecule has 33 heavy (non-hydrogen) atoms. The highest BCUT2D eigenvalue weighted by atomic mass is 16.5. The number of carbonyl (C=O) groups is 1. The van der Waals surface area contributed by atoms with E-state index in [-0.39, 0.29) is 17.1 Å². The molecule has 5 heteroatoms. The number of ether oxygens (including phenoxy) is 1. The summed E-state index contributed by atoms with van der Waals surface area (Å²) in [6.07, 6.45) is 4.99. The van der Waals surface area contributed by atoms with Gasteiger partial charge in [0.1, 0.15) is 11.3 Å². The van der Waals surface area contributed by atoms with Gasteiger partial charge in [-0.1, -0.05) is 51.3 Å². The quantitative estimate of drug-likeness (QED) is 0.360. The predicted octanol–water partition coefficient (Wildman–Crippen LogP) is 6.32. The summed E-state index contributed by atoms with van der Waals surface area (Å²) in [4.78, 5) is 29.1. The zero-order valence-corrected chi connectivity index (χ0v) is 20.1. The zero-order chi connectivity index (χ0) is 23.5. The van der Waals surface area contributed by atoms with E-state index in [9.17, 15) is 9.59 Å². The first-order valence-corrected chi connectivity index (χ1v) is 12.1. The van der Waals surface area contributed by atoms with Crippen molar-refractivity contribution in [2.24, 2.45) is 0 Å². The lowest BCUT2D eigenvalue weighted by molar-refractivity contribution is 0.0724. The number of nitrogens with zero attached hydrogens (tertiary/aromatic N) is 1. The molecule has 1 unspecified atom stereocenters. The van der Waals surface area contributed by atoms with Crippen LogP contribution in [0.4, 0.5) is 0 Å². The summed E-state index contributed by atoms with van der Waals surface area (Å²) in [5.74, 6) is 0.727. The first kappa shape index (κ1) is 23.1. The van der Waals surface area contributed by atoms with E-state index in [0.717, 1.165) is 54.5 Å². The Morgan fingerprint density at radius 1 is 1.00 bits per heavy atom. The van der Waals surface area contributed by atoms with Crippen LogP contribution in [-0.2, 0) is 0 Å². The van der Waals surface area contributed by atoms with Crippen LogP contribution in [0.5, 0.6) is 5.75 Å². The second kappa shape index (κ2) is 9.82. The zero-order valence-electron chi connectivity index (χ0n) is 20.1. The Labute approximate surface area is 195 Å². The molecule has 0 radical (unpaired) electrons. The van der Waals surface area contributed by atoms with Crippen LogP contribution < -0.4 is 10.2 Å². The van der Waals surface area contributed by atoms with Gasteiger partial charge in [-0.2, -0.15) is 0 Å². The average molecular weight is 448 g/mol. The van der Waals surface area contributed by atoms with Gasteiger partial charge in [0.15, 0.2) is 5.43 Å². The second-order valence-corrected chi connectivity index (χ2v) is 9.01. The molecule has 3 aromatic rings. The van der Waals surface area contributed by atoms with E-state index in [1.807, 2.05) is 50.2 Å². The van der Waals surface area contributed by atoms with Crippen LogP contribution in [0.15, 0.2) is 45.6 Å². The van der Waals surface area contributed by atoms with E-state index in [2.05, 4.69) is 13.8 Å². The Bertz CT molecular complexity index is 1230. The molecule has 0 saturated heterocycles. The molecule has 1 aliphatic heterocycles. The summed E-state index contributed by atoms with van der Waals surface area (Å²) in [7, 11) is 0. The van der Waals surface area contributed by atoms with Crippen LogP contribution >= 0.6 is 0 Å². The summed E-state index contributed by atoms with van der Waals surface area (Å²) in [5, 5.41) is 0.558. The van der Waals surface area contributed by atoms with Crippen molar-refractivity contribution in [2.45, 2.75) is 65.8 Å². The summed E-state index contributed by atoms with van der Waals surface area (Å²) < 4.78 is 12.1. The van der Waals surface area contributed by atoms with Crippen molar-refractivity contribution < 1.29 is 13.9 Å². The van der Waals surface area contributed by atoms with Gasteiger partial charge in [-0.3, -0.25) is 9.59 Å². The maximum absolute atomic E-state index is 13.8. The number of rotatable bonds is 9. The number of amides is 1. The van der Waals surface area contributed by atoms with Gasteiger partial charge in [-0.05, 0) is 61.6 Å². The third-order valence-electron chi connectivity index (χ3n) is 6.36. The monoisotopic (exact) mass is 447 g/mol. The lowest BCUT2D eigenvalue weighted by Crippen LogP contribution is -2.30. The first-order chi connectivity index (χ1) is 16.0. The van der Waals surface area contributed by atoms with Crippen LogP contribution in [0.1, 0.15) is 84.8 Å². The molecule has 1 aliphatic rings. The molecule has 0 N–H and O–H groups in total. The van der Waals surface area contributed by atoms with E-state index in [1.54, 1.807) is 4.90 Å². The van der Waals surface area contributed by atoms with E-state index in [0.29, 0.717) is 29.7 Å². The van der Waals surface area contributed by atoms with Crippen LogP contribution in [0, 0.1) is 13.8 Å². The fourth-order valence-electron chi connectivity index (χ4n) is 4.73. The normalized spacial score (nSPS) is 15.3. The molecule has 5 nitrogen and oxygen atoms in total. The molecule has 0 fully saturated rings. The van der Waals surface area contributed by atoms with Gasteiger partial charge in [-0.15, -0.1) is 0 Å². The van der Waals surface area contributed by atoms with Crippen molar-refractivity contribution in [2.75, 3.05) is 13.2 Å². The van der Waals surface area contributed by atoms with Crippen molar-refractivity contribution in [3.63, 3.8) is 0 Å². The Hall–Kier alpha value is -3.08. The molecule has 0 spiro atoms. The number of aryl methyl sites for hydroxylation is 2. The van der Waals surface area contributed by atoms with Gasteiger partial charge in [0, 0.05) is 6.54 Å². The van der Waals surface area contributed by atoms with Crippen molar-refractivity contribution in [3.8, 4) is 5.75 Å². The molecule has 1 amide bonds. The van der Waals surface area contributed by atoms with Crippen molar-refractivity contribution in [3.05, 3.63) is 74.6 Å². The number of unbranched alkanes of at least 4 members (excludes halogenated alkanes) is 3.